The summed E-state index contributed by atoms with van der Waals surface area (Å²) in [5.41, 5.74) is 11.4. The van der Waals surface area contributed by atoms with E-state index in [2.05, 4.69) is 33.8 Å². The van der Waals surface area contributed by atoms with Gasteiger partial charge >= 0.3 is 0 Å². The maximum Gasteiger partial charge on any atom is 0.279 e. The number of amides is 2. The molecule has 0 atom stereocenters. The van der Waals surface area contributed by atoms with Crippen LogP contribution in [0.5, 0.6) is 0 Å². The largest absolute Gasteiger partial charge is 0.397 e. The number of aromatic nitrogens is 2. The van der Waals surface area contributed by atoms with Crippen LogP contribution in [0.3, 0.4) is 0 Å². The second-order valence-electron chi connectivity index (χ2n) is 10.0. The molecule has 0 radical (unpaired) electrons. The molecule has 1 aliphatic heterocycles. The van der Waals surface area contributed by atoms with E-state index < -0.39 is 0 Å². The molecule has 9 heteroatoms. The van der Waals surface area contributed by atoms with Gasteiger partial charge in [0, 0.05) is 24.0 Å². The molecule has 1 aliphatic carbocycles. The average molecular weight is 541 g/mol. The zero-order valence-electron chi connectivity index (χ0n) is 21.6. The third-order valence-corrected chi connectivity index (χ3v) is 7.83. The van der Waals surface area contributed by atoms with Gasteiger partial charge < -0.3 is 16.4 Å². The maximum atomic E-state index is 13.9. The van der Waals surface area contributed by atoms with Crippen molar-refractivity contribution < 1.29 is 9.59 Å². The highest BCUT2D eigenvalue weighted by atomic mass is 35.5. The van der Waals surface area contributed by atoms with Crippen LogP contribution in [0.4, 0.5) is 17.2 Å². The molecule has 0 saturated heterocycles. The van der Waals surface area contributed by atoms with Crippen LogP contribution in [-0.4, -0.2) is 34.0 Å². The van der Waals surface area contributed by atoms with Crippen LogP contribution in [0.25, 0.3) is 16.8 Å². The van der Waals surface area contributed by atoms with Gasteiger partial charge in [-0.3, -0.25) is 19.1 Å². The molecule has 2 heterocycles. The molecule has 0 spiro atoms. The van der Waals surface area contributed by atoms with E-state index in [9.17, 15) is 9.59 Å². The lowest BCUT2D eigenvalue weighted by Crippen LogP contribution is -2.36. The minimum Gasteiger partial charge on any atom is -0.397 e. The van der Waals surface area contributed by atoms with Crippen molar-refractivity contribution in [2.24, 2.45) is 0 Å². The number of imidazole rings is 1. The first kappa shape index (κ1) is 25.2. The highest BCUT2D eigenvalue weighted by Crippen LogP contribution is 2.32. The van der Waals surface area contributed by atoms with Crippen LogP contribution in [0, 0.1) is 6.92 Å². The Kier molecular flexibility index (Phi) is 6.58. The van der Waals surface area contributed by atoms with E-state index in [1.165, 1.54) is 29.7 Å². The van der Waals surface area contributed by atoms with Crippen molar-refractivity contribution in [3.8, 4) is 16.8 Å². The van der Waals surface area contributed by atoms with Gasteiger partial charge in [0.1, 0.15) is 12.4 Å². The number of nitrogens with one attached hydrogen (secondary N) is 2. The average Bonchev–Trinajstić information content (AvgIpc) is 3.17. The van der Waals surface area contributed by atoms with Crippen LogP contribution in [0.1, 0.15) is 41.1 Å². The van der Waals surface area contributed by atoms with Gasteiger partial charge in [0.2, 0.25) is 5.91 Å². The zero-order valence-corrected chi connectivity index (χ0v) is 22.3. The van der Waals surface area contributed by atoms with Gasteiger partial charge in [-0.05, 0) is 66.8 Å². The van der Waals surface area contributed by atoms with Crippen molar-refractivity contribution in [1.82, 2.24) is 14.9 Å². The van der Waals surface area contributed by atoms with Gasteiger partial charge in [0.15, 0.2) is 11.5 Å². The fourth-order valence-electron chi connectivity index (χ4n) is 5.17. The standard InChI is InChI=1S/C30H29ClN6O2/c1-18-34-29-28(37(18)23-13-14-25(31)26(32)15-23)30(39)36(17-27(38)35-29)22-11-9-19(10-12-22)24-8-3-2-5-20(24)16-33-21-6-4-7-21/h2-3,5,8-15,21,33H,4,6-7,16-17,32H2,1H3,(H,35,38). The lowest BCUT2D eigenvalue weighted by Gasteiger charge is -2.27. The molecule has 4 aromatic rings. The molecular formula is C30H29ClN6O2. The molecule has 2 aliphatic rings. The van der Waals surface area contributed by atoms with Gasteiger partial charge in [0.05, 0.1) is 10.7 Å². The van der Waals surface area contributed by atoms with E-state index >= 15 is 0 Å². The summed E-state index contributed by atoms with van der Waals surface area (Å²) in [6.45, 7) is 2.46. The number of nitrogen functional groups attached to an aromatic ring is 1. The van der Waals surface area contributed by atoms with Crippen LogP contribution >= 0.6 is 11.6 Å². The molecule has 1 fully saturated rings. The predicted octanol–water partition coefficient (Wildman–Crippen LogP) is 5.32. The van der Waals surface area contributed by atoms with Crippen molar-refractivity contribution >= 4 is 40.6 Å². The lowest BCUT2D eigenvalue weighted by molar-refractivity contribution is -0.114. The molecule has 4 N–H and O–H groups in total. The van der Waals surface area contributed by atoms with Gasteiger partial charge in [-0.15, -0.1) is 0 Å². The maximum absolute atomic E-state index is 13.9. The number of aryl methyl sites for hydroxylation is 1. The zero-order chi connectivity index (χ0) is 27.1. The number of halogens is 1. The fraction of sp³-hybridized carbons (Fsp3) is 0.233. The van der Waals surface area contributed by atoms with Crippen molar-refractivity contribution in [2.75, 3.05) is 22.5 Å². The van der Waals surface area contributed by atoms with Gasteiger partial charge in [-0.1, -0.05) is 54.4 Å². The number of anilines is 3. The first-order chi connectivity index (χ1) is 18.9. The molecule has 1 aromatic heterocycles. The van der Waals surface area contributed by atoms with E-state index in [4.69, 9.17) is 17.3 Å². The van der Waals surface area contributed by atoms with Crippen molar-refractivity contribution in [3.05, 3.63) is 88.8 Å². The van der Waals surface area contributed by atoms with Crippen molar-refractivity contribution in [2.45, 2.75) is 38.8 Å². The molecule has 0 bridgehead atoms. The Bertz CT molecular complexity index is 1580. The molecule has 3 aromatic carbocycles. The Morgan fingerprint density at radius 2 is 1.79 bits per heavy atom. The topological polar surface area (TPSA) is 105 Å². The predicted molar refractivity (Wildman–Crippen MR) is 154 cm³/mol. The molecule has 198 valence electrons. The molecule has 0 unspecified atom stereocenters. The first-order valence-corrected chi connectivity index (χ1v) is 13.4. The number of hydrogen-bond donors (Lipinski definition) is 3. The third kappa shape index (κ3) is 4.77. The SMILES string of the molecule is Cc1nc2c(n1-c1ccc(Cl)c(N)c1)C(=O)N(c1ccc(-c3ccccc3CNC3CCC3)cc1)CC(=O)N2. The van der Waals surface area contributed by atoms with E-state index in [0.29, 0.717) is 34.0 Å². The summed E-state index contributed by atoms with van der Waals surface area (Å²) in [5, 5.41) is 6.85. The summed E-state index contributed by atoms with van der Waals surface area (Å²) in [6, 6.07) is 21.8. The quantitative estimate of drug-likeness (QED) is 0.287. The Balaban J connectivity index is 1.33. The summed E-state index contributed by atoms with van der Waals surface area (Å²) in [7, 11) is 0. The smallest absolute Gasteiger partial charge is 0.279 e. The second kappa shape index (κ2) is 10.2. The van der Waals surface area contributed by atoms with Crippen LogP contribution < -0.4 is 21.3 Å². The highest BCUT2D eigenvalue weighted by molar-refractivity contribution is 6.33. The lowest BCUT2D eigenvalue weighted by atomic mass is 9.92. The molecule has 1 saturated carbocycles. The molecule has 8 nitrogen and oxygen atoms in total. The Morgan fingerprint density at radius 1 is 1.05 bits per heavy atom. The number of carbonyl (C=O) groups excluding carboxylic acids is 2. The van der Waals surface area contributed by atoms with Crippen molar-refractivity contribution in [1.29, 1.82) is 0 Å². The number of hydrogen-bond acceptors (Lipinski definition) is 5. The first-order valence-electron chi connectivity index (χ1n) is 13.1. The monoisotopic (exact) mass is 540 g/mol. The third-order valence-electron chi connectivity index (χ3n) is 7.48. The van der Waals surface area contributed by atoms with Crippen LogP contribution in [0.2, 0.25) is 5.02 Å². The number of nitrogens with zero attached hydrogens (tertiary/aromatic N) is 3. The van der Waals surface area contributed by atoms with E-state index in [0.717, 1.165) is 17.7 Å². The summed E-state index contributed by atoms with van der Waals surface area (Å²) >= 11 is 6.12. The Hall–Kier alpha value is -4.14. The summed E-state index contributed by atoms with van der Waals surface area (Å²) in [4.78, 5) is 32.7. The Labute approximate surface area is 231 Å². The molecule has 39 heavy (non-hydrogen) atoms. The summed E-state index contributed by atoms with van der Waals surface area (Å²) in [6.07, 6.45) is 3.77. The highest BCUT2D eigenvalue weighted by Gasteiger charge is 2.33. The molecular weight excluding hydrogens is 512 g/mol. The number of benzene rings is 3. The van der Waals surface area contributed by atoms with E-state index in [1.54, 1.807) is 29.7 Å². The van der Waals surface area contributed by atoms with Crippen molar-refractivity contribution in [3.63, 3.8) is 0 Å². The minimum atomic E-state index is -0.338. The van der Waals surface area contributed by atoms with E-state index in [-0.39, 0.29) is 29.9 Å². The molecule has 2 amide bonds. The van der Waals surface area contributed by atoms with E-state index in [1.807, 2.05) is 30.3 Å². The minimum absolute atomic E-state index is 0.127. The normalized spacial score (nSPS) is 15.5. The van der Waals surface area contributed by atoms with Gasteiger partial charge in [-0.25, -0.2) is 4.98 Å². The van der Waals surface area contributed by atoms with Gasteiger partial charge in [0.25, 0.3) is 5.91 Å². The Morgan fingerprint density at radius 3 is 2.51 bits per heavy atom. The fourth-order valence-corrected chi connectivity index (χ4v) is 5.29. The number of nitrogens with two attached hydrogens (primary N) is 1. The number of carbonyl (C=O) groups is 2. The second-order valence-corrected chi connectivity index (χ2v) is 10.5. The van der Waals surface area contributed by atoms with Gasteiger partial charge in [-0.2, -0.15) is 0 Å². The van der Waals surface area contributed by atoms with Crippen LogP contribution in [0.15, 0.2) is 66.7 Å². The summed E-state index contributed by atoms with van der Waals surface area (Å²) < 4.78 is 1.70. The molecule has 6 rings (SSSR count). The van der Waals surface area contributed by atoms with Crippen LogP contribution in [-0.2, 0) is 11.3 Å². The summed E-state index contributed by atoms with van der Waals surface area (Å²) in [5.74, 6) is 0.108. The number of rotatable bonds is 6. The number of fused-ring (bicyclic) bond motifs is 1.